The summed E-state index contributed by atoms with van der Waals surface area (Å²) in [5.41, 5.74) is 0. The van der Waals surface area contributed by atoms with Crippen molar-refractivity contribution in [3.63, 3.8) is 0 Å². The van der Waals surface area contributed by atoms with Crippen LogP contribution in [-0.4, -0.2) is 37.2 Å². The summed E-state index contributed by atoms with van der Waals surface area (Å²) in [6.45, 7) is 11.3. The molecule has 2 atom stereocenters. The van der Waals surface area contributed by atoms with Gasteiger partial charge in [-0.3, -0.25) is 14.4 Å². The maximum absolute atomic E-state index is 12.7. The van der Waals surface area contributed by atoms with Crippen molar-refractivity contribution < 1.29 is 28.6 Å². The van der Waals surface area contributed by atoms with E-state index in [1.165, 1.54) is 161 Å². The topological polar surface area (TPSA) is 78.9 Å². The number of carbonyl (C=O) groups excluding carboxylic acids is 3. The largest absolute Gasteiger partial charge is 0.462 e. The van der Waals surface area contributed by atoms with Gasteiger partial charge in [-0.1, -0.05) is 234 Å². The molecule has 0 amide bonds. The second kappa shape index (κ2) is 43.0. The Morgan fingerprint density at radius 2 is 0.679 bits per heavy atom. The van der Waals surface area contributed by atoms with E-state index in [0.29, 0.717) is 19.3 Å². The second-order valence-corrected chi connectivity index (χ2v) is 17.8. The van der Waals surface area contributed by atoms with E-state index >= 15 is 0 Å². The number of rotatable bonds is 44. The molecule has 0 aromatic carbocycles. The van der Waals surface area contributed by atoms with E-state index in [4.69, 9.17) is 14.2 Å². The van der Waals surface area contributed by atoms with Crippen LogP contribution in [0.5, 0.6) is 0 Å². The van der Waals surface area contributed by atoms with E-state index in [-0.39, 0.29) is 31.1 Å². The van der Waals surface area contributed by atoms with Crippen LogP contribution in [0.25, 0.3) is 0 Å². The van der Waals surface area contributed by atoms with Gasteiger partial charge in [0.1, 0.15) is 13.2 Å². The first-order valence-electron chi connectivity index (χ1n) is 24.8. The number of hydrogen-bond donors (Lipinski definition) is 0. The van der Waals surface area contributed by atoms with E-state index in [2.05, 4.69) is 34.6 Å². The fourth-order valence-electron chi connectivity index (χ4n) is 7.43. The zero-order chi connectivity index (χ0) is 41.2. The maximum atomic E-state index is 12.7. The van der Waals surface area contributed by atoms with Crippen LogP contribution in [0.4, 0.5) is 0 Å². The van der Waals surface area contributed by atoms with E-state index in [1.54, 1.807) is 0 Å². The van der Waals surface area contributed by atoms with Gasteiger partial charge in [-0.05, 0) is 31.1 Å². The molecule has 0 rings (SSSR count). The first-order valence-corrected chi connectivity index (χ1v) is 24.8. The molecule has 6 heteroatoms. The number of carbonyl (C=O) groups is 3. The van der Waals surface area contributed by atoms with Gasteiger partial charge in [0, 0.05) is 19.3 Å². The fraction of sp³-hybridized carbons (Fsp3) is 0.940. The Labute approximate surface area is 348 Å². The number of esters is 3. The Morgan fingerprint density at radius 3 is 1.02 bits per heavy atom. The lowest BCUT2D eigenvalue weighted by Crippen LogP contribution is -2.30. The predicted molar refractivity (Wildman–Crippen MR) is 238 cm³/mol. The van der Waals surface area contributed by atoms with Crippen molar-refractivity contribution >= 4 is 17.9 Å². The van der Waals surface area contributed by atoms with Crippen molar-refractivity contribution in [2.24, 2.45) is 11.8 Å². The Balaban J connectivity index is 4.29. The molecule has 0 spiro atoms. The lowest BCUT2D eigenvalue weighted by Gasteiger charge is -2.18. The summed E-state index contributed by atoms with van der Waals surface area (Å²) in [5, 5.41) is 0. The number of unbranched alkanes of at least 4 members (excludes halogenated alkanes) is 28. The lowest BCUT2D eigenvalue weighted by atomic mass is 10.00. The van der Waals surface area contributed by atoms with Crippen LogP contribution >= 0.6 is 0 Å². The normalized spacial score (nSPS) is 12.5. The zero-order valence-corrected chi connectivity index (χ0v) is 38.3. The van der Waals surface area contributed by atoms with E-state index in [0.717, 1.165) is 69.6 Å². The van der Waals surface area contributed by atoms with Gasteiger partial charge in [-0.25, -0.2) is 0 Å². The average Bonchev–Trinajstić information content (AvgIpc) is 3.18. The van der Waals surface area contributed by atoms with Gasteiger partial charge < -0.3 is 14.2 Å². The maximum Gasteiger partial charge on any atom is 0.306 e. The molecule has 0 saturated heterocycles. The molecule has 0 heterocycles. The molecule has 56 heavy (non-hydrogen) atoms. The molecule has 6 nitrogen and oxygen atoms in total. The molecule has 1 unspecified atom stereocenters. The minimum Gasteiger partial charge on any atom is -0.462 e. The standard InChI is InChI=1S/C50H96O6/c1-6-8-9-10-11-12-13-14-15-16-17-18-21-24-30-35-40-48(51)54-43-47(56-50(53)42-37-32-27-26-29-34-39-46(5)7-2)44-55-49(52)41-36-31-25-22-19-20-23-28-33-38-45(3)4/h45-47H,6-44H2,1-5H3/t46?,47-/m0/s1. The fourth-order valence-corrected chi connectivity index (χ4v) is 7.43. The highest BCUT2D eigenvalue weighted by Crippen LogP contribution is 2.17. The third kappa shape index (κ3) is 42.0. The number of ether oxygens (including phenoxy) is 3. The average molecular weight is 793 g/mol. The van der Waals surface area contributed by atoms with Gasteiger partial charge >= 0.3 is 17.9 Å². The molecular formula is C50H96O6. The van der Waals surface area contributed by atoms with Crippen LogP contribution in [0.1, 0.15) is 272 Å². The number of hydrogen-bond acceptors (Lipinski definition) is 6. The summed E-state index contributed by atoms with van der Waals surface area (Å²) in [5.74, 6) is 0.762. The molecule has 0 aromatic rings. The summed E-state index contributed by atoms with van der Waals surface area (Å²) in [4.78, 5) is 37.8. The lowest BCUT2D eigenvalue weighted by molar-refractivity contribution is -0.167. The van der Waals surface area contributed by atoms with Gasteiger partial charge in [-0.15, -0.1) is 0 Å². The van der Waals surface area contributed by atoms with Crippen molar-refractivity contribution in [3.05, 3.63) is 0 Å². The molecule has 0 N–H and O–H groups in total. The molecule has 0 fully saturated rings. The third-order valence-electron chi connectivity index (χ3n) is 11.6. The Hall–Kier alpha value is -1.59. The minimum absolute atomic E-state index is 0.0651. The highest BCUT2D eigenvalue weighted by atomic mass is 16.6. The highest BCUT2D eigenvalue weighted by molar-refractivity contribution is 5.71. The molecule has 0 bridgehead atoms. The Kier molecular flexibility index (Phi) is 41.8. The first-order chi connectivity index (χ1) is 27.3. The van der Waals surface area contributed by atoms with Crippen molar-refractivity contribution in [1.82, 2.24) is 0 Å². The highest BCUT2D eigenvalue weighted by Gasteiger charge is 2.19. The zero-order valence-electron chi connectivity index (χ0n) is 38.3. The van der Waals surface area contributed by atoms with Crippen molar-refractivity contribution in [3.8, 4) is 0 Å². The van der Waals surface area contributed by atoms with Gasteiger partial charge in [-0.2, -0.15) is 0 Å². The summed E-state index contributed by atoms with van der Waals surface area (Å²) in [6, 6.07) is 0. The Morgan fingerprint density at radius 1 is 0.375 bits per heavy atom. The van der Waals surface area contributed by atoms with Gasteiger partial charge in [0.25, 0.3) is 0 Å². The minimum atomic E-state index is -0.762. The smallest absolute Gasteiger partial charge is 0.306 e. The Bertz CT molecular complexity index is 856. The van der Waals surface area contributed by atoms with Crippen LogP contribution in [0.15, 0.2) is 0 Å². The summed E-state index contributed by atoms with van der Waals surface area (Å²) < 4.78 is 16.8. The van der Waals surface area contributed by atoms with E-state index in [1.807, 2.05) is 0 Å². The third-order valence-corrected chi connectivity index (χ3v) is 11.6. The van der Waals surface area contributed by atoms with Gasteiger partial charge in [0.15, 0.2) is 6.10 Å². The van der Waals surface area contributed by atoms with Gasteiger partial charge in [0.2, 0.25) is 0 Å². The van der Waals surface area contributed by atoms with Crippen molar-refractivity contribution in [2.45, 2.75) is 278 Å². The van der Waals surface area contributed by atoms with E-state index < -0.39 is 6.10 Å². The molecular weight excluding hydrogens is 697 g/mol. The molecule has 0 aliphatic carbocycles. The second-order valence-electron chi connectivity index (χ2n) is 17.8. The molecule has 0 aliphatic heterocycles. The van der Waals surface area contributed by atoms with Crippen LogP contribution in [0, 0.1) is 11.8 Å². The predicted octanol–water partition coefficient (Wildman–Crippen LogP) is 15.8. The summed E-state index contributed by atoms with van der Waals surface area (Å²) >= 11 is 0. The van der Waals surface area contributed by atoms with Crippen LogP contribution in [-0.2, 0) is 28.6 Å². The molecule has 0 saturated carbocycles. The molecule has 0 radical (unpaired) electrons. The van der Waals surface area contributed by atoms with E-state index in [9.17, 15) is 14.4 Å². The quantitative estimate of drug-likeness (QED) is 0.0347. The van der Waals surface area contributed by atoms with Crippen LogP contribution in [0.3, 0.4) is 0 Å². The van der Waals surface area contributed by atoms with Gasteiger partial charge in [0.05, 0.1) is 0 Å². The molecule has 0 aromatic heterocycles. The monoisotopic (exact) mass is 793 g/mol. The molecule has 0 aliphatic rings. The van der Waals surface area contributed by atoms with Crippen molar-refractivity contribution in [2.75, 3.05) is 13.2 Å². The summed E-state index contributed by atoms with van der Waals surface area (Å²) in [6.07, 6.45) is 42.4. The SMILES string of the molecule is CCCCCCCCCCCCCCCCCCC(=O)OC[C@@H](COC(=O)CCCCCCCCCCCC(C)C)OC(=O)CCCCCCCCC(C)CC. The molecule has 332 valence electrons. The van der Waals surface area contributed by atoms with Crippen LogP contribution < -0.4 is 0 Å². The summed E-state index contributed by atoms with van der Waals surface area (Å²) in [7, 11) is 0. The van der Waals surface area contributed by atoms with Crippen LogP contribution in [0.2, 0.25) is 0 Å². The first kappa shape index (κ1) is 54.4. The van der Waals surface area contributed by atoms with Crippen molar-refractivity contribution in [1.29, 1.82) is 0 Å².